The molecule has 2 aromatic rings. The van der Waals surface area contributed by atoms with Gasteiger partial charge in [-0.3, -0.25) is 4.79 Å². The Balaban J connectivity index is 2.84. The zero-order valence-corrected chi connectivity index (χ0v) is 10.0. The van der Waals surface area contributed by atoms with Gasteiger partial charge in [0.05, 0.1) is 5.52 Å². The lowest BCUT2D eigenvalue weighted by Crippen LogP contribution is -2.25. The summed E-state index contributed by atoms with van der Waals surface area (Å²) in [6, 6.07) is 4.70. The highest BCUT2D eigenvalue weighted by Crippen LogP contribution is 2.14. The summed E-state index contributed by atoms with van der Waals surface area (Å²) in [6.07, 6.45) is 1.41. The van der Waals surface area contributed by atoms with Gasteiger partial charge in [0.2, 0.25) is 0 Å². The summed E-state index contributed by atoms with van der Waals surface area (Å²) >= 11 is 0. The maximum Gasteiger partial charge on any atom is 0.272 e. The molecule has 1 heterocycles. The fourth-order valence-corrected chi connectivity index (χ4v) is 1.99. The van der Waals surface area contributed by atoms with E-state index in [1.165, 1.54) is 6.07 Å². The van der Waals surface area contributed by atoms with Crippen molar-refractivity contribution in [2.24, 2.45) is 0 Å². The van der Waals surface area contributed by atoms with E-state index in [9.17, 15) is 9.18 Å². The van der Waals surface area contributed by atoms with E-state index in [0.717, 1.165) is 6.42 Å². The molecule has 1 aromatic heterocycles. The van der Waals surface area contributed by atoms with E-state index in [0.29, 0.717) is 24.2 Å². The van der Waals surface area contributed by atoms with Crippen LogP contribution in [-0.4, -0.2) is 9.55 Å². The molecule has 0 saturated carbocycles. The average Bonchev–Trinajstić information content (AvgIpc) is 2.32. The van der Waals surface area contributed by atoms with Gasteiger partial charge in [0, 0.05) is 6.54 Å². The number of halogens is 1. The van der Waals surface area contributed by atoms with Crippen LogP contribution in [0.25, 0.3) is 11.0 Å². The number of nitrogens with zero attached hydrogens (tertiary/aromatic N) is 2. The number of fused-ring (bicyclic) bond motifs is 1. The first kappa shape index (κ1) is 11.8. The Morgan fingerprint density at radius 1 is 1.35 bits per heavy atom. The topological polar surface area (TPSA) is 34.9 Å². The minimum atomic E-state index is -0.373. The monoisotopic (exact) mass is 234 g/mol. The van der Waals surface area contributed by atoms with Crippen LogP contribution in [0.5, 0.6) is 0 Å². The highest BCUT2D eigenvalue weighted by atomic mass is 19.1. The molecule has 0 saturated heterocycles. The number of hydrogen-bond acceptors (Lipinski definition) is 2. The third kappa shape index (κ3) is 1.95. The molecule has 0 atom stereocenters. The summed E-state index contributed by atoms with van der Waals surface area (Å²) in [5, 5.41) is 0. The van der Waals surface area contributed by atoms with E-state index < -0.39 is 0 Å². The third-order valence-electron chi connectivity index (χ3n) is 2.80. The minimum Gasteiger partial charge on any atom is -0.305 e. The first-order valence-corrected chi connectivity index (χ1v) is 5.87. The fourth-order valence-electron chi connectivity index (χ4n) is 1.99. The average molecular weight is 234 g/mol. The maximum absolute atomic E-state index is 13.7. The summed E-state index contributed by atoms with van der Waals surface area (Å²) in [7, 11) is 0. The molecule has 1 aromatic carbocycles. The van der Waals surface area contributed by atoms with Crippen molar-refractivity contribution in [1.29, 1.82) is 0 Å². The number of aromatic nitrogens is 2. The molecule has 2 rings (SSSR count). The lowest BCUT2D eigenvalue weighted by molar-refractivity contribution is 0.631. The summed E-state index contributed by atoms with van der Waals surface area (Å²) < 4.78 is 15.3. The van der Waals surface area contributed by atoms with E-state index in [4.69, 9.17) is 0 Å². The zero-order chi connectivity index (χ0) is 12.4. The van der Waals surface area contributed by atoms with Gasteiger partial charge in [-0.15, -0.1) is 0 Å². The van der Waals surface area contributed by atoms with E-state index in [1.807, 2.05) is 13.8 Å². The van der Waals surface area contributed by atoms with E-state index in [2.05, 4.69) is 4.98 Å². The largest absolute Gasteiger partial charge is 0.305 e. The molecule has 0 fully saturated rings. The quantitative estimate of drug-likeness (QED) is 0.817. The summed E-state index contributed by atoms with van der Waals surface area (Å²) in [5.74, 6) is -0.373. The lowest BCUT2D eigenvalue weighted by atomic mass is 10.2. The molecular weight excluding hydrogens is 219 g/mol. The summed E-state index contributed by atoms with van der Waals surface area (Å²) in [4.78, 5) is 16.3. The van der Waals surface area contributed by atoms with Gasteiger partial charge in [-0.25, -0.2) is 9.37 Å². The summed E-state index contributed by atoms with van der Waals surface area (Å²) in [5.41, 5.74) is 1.20. The Labute approximate surface area is 98.9 Å². The Bertz CT molecular complexity index is 604. The van der Waals surface area contributed by atoms with Crippen LogP contribution in [0.2, 0.25) is 0 Å². The molecule has 0 amide bonds. The Morgan fingerprint density at radius 2 is 2.12 bits per heavy atom. The van der Waals surface area contributed by atoms with Gasteiger partial charge >= 0.3 is 0 Å². The number of para-hydroxylation sites is 1. The van der Waals surface area contributed by atoms with Gasteiger partial charge in [-0.2, -0.15) is 0 Å². The molecule has 0 aliphatic carbocycles. The Kier molecular flexibility index (Phi) is 3.22. The van der Waals surface area contributed by atoms with Crippen LogP contribution in [0, 0.1) is 5.82 Å². The van der Waals surface area contributed by atoms with Crippen LogP contribution in [-0.2, 0) is 13.0 Å². The van der Waals surface area contributed by atoms with Gasteiger partial charge in [0.25, 0.3) is 5.56 Å². The second-order valence-electron chi connectivity index (χ2n) is 3.97. The van der Waals surface area contributed by atoms with Crippen LogP contribution in [0.1, 0.15) is 26.0 Å². The maximum atomic E-state index is 13.7. The molecule has 17 heavy (non-hydrogen) atoms. The van der Waals surface area contributed by atoms with Crippen molar-refractivity contribution in [3.8, 4) is 0 Å². The van der Waals surface area contributed by atoms with Crippen LogP contribution in [0.4, 0.5) is 4.39 Å². The van der Waals surface area contributed by atoms with Crippen LogP contribution < -0.4 is 5.56 Å². The van der Waals surface area contributed by atoms with Crippen molar-refractivity contribution in [1.82, 2.24) is 9.55 Å². The first-order chi connectivity index (χ1) is 8.19. The molecule has 0 aliphatic heterocycles. The molecule has 0 N–H and O–H groups in total. The van der Waals surface area contributed by atoms with Gasteiger partial charge in [0.15, 0.2) is 5.82 Å². The highest BCUT2D eigenvalue weighted by Gasteiger charge is 2.11. The zero-order valence-electron chi connectivity index (χ0n) is 10.0. The minimum absolute atomic E-state index is 0.104. The summed E-state index contributed by atoms with van der Waals surface area (Å²) in [6.45, 7) is 4.38. The number of aryl methyl sites for hydroxylation is 2. The van der Waals surface area contributed by atoms with E-state index in [-0.39, 0.29) is 16.9 Å². The van der Waals surface area contributed by atoms with Crippen LogP contribution in [0.15, 0.2) is 23.0 Å². The predicted molar refractivity (Wildman–Crippen MR) is 65.6 cm³/mol. The smallest absolute Gasteiger partial charge is 0.272 e. The standard InChI is InChI=1S/C13H15FN2O/c1-3-6-10-13(17)16(4-2)11-8-5-7-9(14)12(11)15-10/h5,7-8H,3-4,6H2,1-2H3. The Hall–Kier alpha value is -1.71. The number of benzene rings is 1. The van der Waals surface area contributed by atoms with Gasteiger partial charge in [-0.1, -0.05) is 19.4 Å². The molecular formula is C13H15FN2O. The molecule has 0 bridgehead atoms. The second kappa shape index (κ2) is 4.65. The highest BCUT2D eigenvalue weighted by molar-refractivity contribution is 5.75. The predicted octanol–water partition coefficient (Wildman–Crippen LogP) is 2.51. The van der Waals surface area contributed by atoms with Crippen molar-refractivity contribution in [3.63, 3.8) is 0 Å². The van der Waals surface area contributed by atoms with Crippen molar-refractivity contribution in [2.45, 2.75) is 33.2 Å². The SMILES string of the molecule is CCCc1nc2c(F)cccc2n(CC)c1=O. The molecule has 0 radical (unpaired) electrons. The number of hydrogen-bond donors (Lipinski definition) is 0. The number of rotatable bonds is 3. The third-order valence-corrected chi connectivity index (χ3v) is 2.80. The molecule has 0 unspecified atom stereocenters. The van der Waals surface area contributed by atoms with Crippen molar-refractivity contribution < 1.29 is 4.39 Å². The van der Waals surface area contributed by atoms with Crippen molar-refractivity contribution in [2.75, 3.05) is 0 Å². The van der Waals surface area contributed by atoms with Crippen LogP contribution >= 0.6 is 0 Å². The first-order valence-electron chi connectivity index (χ1n) is 5.87. The van der Waals surface area contributed by atoms with Crippen molar-refractivity contribution >= 4 is 11.0 Å². The van der Waals surface area contributed by atoms with E-state index >= 15 is 0 Å². The fraction of sp³-hybridized carbons (Fsp3) is 0.385. The molecule has 0 aliphatic rings. The second-order valence-corrected chi connectivity index (χ2v) is 3.97. The lowest BCUT2D eigenvalue weighted by Gasteiger charge is -2.10. The molecule has 0 spiro atoms. The molecule has 3 nitrogen and oxygen atoms in total. The van der Waals surface area contributed by atoms with Gasteiger partial charge in [0.1, 0.15) is 11.2 Å². The molecule has 90 valence electrons. The molecule has 4 heteroatoms. The Morgan fingerprint density at radius 3 is 2.76 bits per heavy atom. The normalized spacial score (nSPS) is 11.0. The van der Waals surface area contributed by atoms with E-state index in [1.54, 1.807) is 16.7 Å². The van der Waals surface area contributed by atoms with Crippen LogP contribution in [0.3, 0.4) is 0 Å². The van der Waals surface area contributed by atoms with Crippen molar-refractivity contribution in [3.05, 3.63) is 40.1 Å². The van der Waals surface area contributed by atoms with Gasteiger partial charge in [-0.05, 0) is 25.5 Å². The van der Waals surface area contributed by atoms with Gasteiger partial charge < -0.3 is 4.57 Å².